The highest BCUT2D eigenvalue weighted by Gasteiger charge is 2.22. The Hall–Kier alpha value is -0.860. The third kappa shape index (κ3) is 6.93. The van der Waals surface area contributed by atoms with Crippen LogP contribution in [-0.4, -0.2) is 18.3 Å². The Morgan fingerprint density at radius 1 is 0.955 bits per heavy atom. The third-order valence-corrected chi connectivity index (χ3v) is 4.74. The van der Waals surface area contributed by atoms with Crippen LogP contribution in [0.25, 0.3) is 0 Å². The molecule has 0 amide bonds. The zero-order valence-electron chi connectivity index (χ0n) is 14.6. The quantitative estimate of drug-likeness (QED) is 0.678. The topological polar surface area (TPSA) is 46.2 Å². The van der Waals surface area contributed by atoms with E-state index in [2.05, 4.69) is 31.2 Å². The third-order valence-electron chi connectivity index (χ3n) is 4.74. The van der Waals surface area contributed by atoms with Crippen LogP contribution in [0, 0.1) is 0 Å². The number of unbranched alkanes of at least 4 members (excludes halogenated alkanes) is 5. The summed E-state index contributed by atoms with van der Waals surface area (Å²) in [4.78, 5) is 0. The highest BCUT2D eigenvalue weighted by Crippen LogP contribution is 2.33. The van der Waals surface area contributed by atoms with Gasteiger partial charge in [-0.3, -0.25) is 0 Å². The average molecular weight is 306 g/mol. The molecule has 2 atom stereocenters. The average Bonchev–Trinajstić information content (AvgIpc) is 3.00. The minimum Gasteiger partial charge on any atom is -0.400 e. The summed E-state index contributed by atoms with van der Waals surface area (Å²) in [6.07, 6.45) is 13.2. The molecule has 1 aliphatic carbocycles. The summed E-state index contributed by atoms with van der Waals surface area (Å²) < 4.78 is 0. The minimum atomic E-state index is 0.433. The van der Waals surface area contributed by atoms with Crippen LogP contribution in [0.3, 0.4) is 0 Å². The van der Waals surface area contributed by atoms with Gasteiger partial charge in [0, 0.05) is 13.2 Å². The number of hydrogen-bond acceptors (Lipinski definition) is 2. The predicted molar refractivity (Wildman–Crippen MR) is 96.2 cm³/mol. The first-order valence-electron chi connectivity index (χ1n) is 9.08. The molecule has 1 saturated carbocycles. The number of hydrogen-bond donors (Lipinski definition) is 2. The lowest BCUT2D eigenvalue weighted by atomic mass is 9.95. The van der Waals surface area contributed by atoms with Gasteiger partial charge >= 0.3 is 0 Å². The van der Waals surface area contributed by atoms with Crippen LogP contribution >= 0.6 is 0 Å². The Balaban J connectivity index is 0.00000116. The second-order valence-electron chi connectivity index (χ2n) is 6.53. The summed E-state index contributed by atoms with van der Waals surface area (Å²) in [5.74, 6) is 0.716. The SMILES string of the molecule is CCCCCCCCc1ccc([C@@H]2CC[C@H](N)C2)cc1.CO. The molecule has 2 heteroatoms. The molecule has 1 aliphatic rings. The van der Waals surface area contributed by atoms with Crippen LogP contribution in [0.1, 0.15) is 81.8 Å². The highest BCUT2D eigenvalue weighted by molar-refractivity contribution is 5.26. The predicted octanol–water partition coefficient (Wildman–Crippen LogP) is 4.79. The molecule has 2 rings (SSSR count). The normalized spacial score (nSPS) is 20.5. The Morgan fingerprint density at radius 2 is 1.59 bits per heavy atom. The number of benzene rings is 1. The lowest BCUT2D eigenvalue weighted by Gasteiger charge is -2.11. The van der Waals surface area contributed by atoms with Crippen LogP contribution in [0.4, 0.5) is 0 Å². The molecule has 0 unspecified atom stereocenters. The lowest BCUT2D eigenvalue weighted by Crippen LogP contribution is -2.14. The van der Waals surface area contributed by atoms with Gasteiger partial charge in [-0.2, -0.15) is 0 Å². The lowest BCUT2D eigenvalue weighted by molar-refractivity contribution is 0.399. The van der Waals surface area contributed by atoms with Gasteiger partial charge in [0.15, 0.2) is 0 Å². The Morgan fingerprint density at radius 3 is 2.18 bits per heavy atom. The van der Waals surface area contributed by atoms with Crippen molar-refractivity contribution in [3.05, 3.63) is 35.4 Å². The van der Waals surface area contributed by atoms with Crippen molar-refractivity contribution < 1.29 is 5.11 Å². The fourth-order valence-corrected chi connectivity index (χ4v) is 3.39. The maximum atomic E-state index is 7.00. The highest BCUT2D eigenvalue weighted by atomic mass is 16.2. The second kappa shape index (κ2) is 11.7. The molecule has 1 aromatic rings. The summed E-state index contributed by atoms with van der Waals surface area (Å²) in [5.41, 5.74) is 9.02. The number of rotatable bonds is 8. The molecule has 1 aromatic carbocycles. The van der Waals surface area contributed by atoms with Gasteiger partial charge in [0.1, 0.15) is 0 Å². The Labute approximate surface area is 137 Å². The number of nitrogens with two attached hydrogens (primary N) is 1. The van der Waals surface area contributed by atoms with E-state index in [-0.39, 0.29) is 0 Å². The molecular formula is C20H35NO. The summed E-state index contributed by atoms with van der Waals surface area (Å²) >= 11 is 0. The van der Waals surface area contributed by atoms with Crippen molar-refractivity contribution in [2.75, 3.05) is 7.11 Å². The van der Waals surface area contributed by atoms with E-state index in [9.17, 15) is 0 Å². The molecule has 2 nitrogen and oxygen atoms in total. The summed E-state index contributed by atoms with van der Waals surface area (Å²) in [6, 6.07) is 9.79. The fourth-order valence-electron chi connectivity index (χ4n) is 3.39. The number of aryl methyl sites for hydroxylation is 1. The Bertz CT molecular complexity index is 374. The minimum absolute atomic E-state index is 0.433. The van der Waals surface area contributed by atoms with Crippen LogP contribution in [0.15, 0.2) is 24.3 Å². The van der Waals surface area contributed by atoms with Gasteiger partial charge in [0.2, 0.25) is 0 Å². The van der Waals surface area contributed by atoms with E-state index >= 15 is 0 Å². The van der Waals surface area contributed by atoms with E-state index in [1.165, 1.54) is 75.3 Å². The number of aliphatic hydroxyl groups is 1. The van der Waals surface area contributed by atoms with Crippen molar-refractivity contribution in [3.8, 4) is 0 Å². The zero-order valence-corrected chi connectivity index (χ0v) is 14.6. The van der Waals surface area contributed by atoms with E-state index in [0.29, 0.717) is 12.0 Å². The first-order chi connectivity index (χ1) is 10.8. The van der Waals surface area contributed by atoms with Crippen molar-refractivity contribution in [2.45, 2.75) is 83.1 Å². The van der Waals surface area contributed by atoms with E-state index < -0.39 is 0 Å². The molecule has 0 heterocycles. The van der Waals surface area contributed by atoms with Crippen molar-refractivity contribution in [2.24, 2.45) is 5.73 Å². The molecule has 0 aliphatic heterocycles. The van der Waals surface area contributed by atoms with Crippen LogP contribution in [-0.2, 0) is 6.42 Å². The maximum Gasteiger partial charge on any atom is 0.0319 e. The smallest absolute Gasteiger partial charge is 0.0319 e. The standard InChI is InChI=1S/C19H31N.CH4O/c1-2-3-4-5-6-7-8-16-9-11-17(12-10-16)18-13-14-19(20)15-18;1-2/h9-12,18-19H,2-8,13-15,20H2,1H3;2H,1H3/t18-,19+;/m1./s1. The van der Waals surface area contributed by atoms with Gasteiger partial charge in [-0.15, -0.1) is 0 Å². The van der Waals surface area contributed by atoms with Crippen LogP contribution < -0.4 is 5.73 Å². The zero-order chi connectivity index (χ0) is 16.2. The molecule has 0 aromatic heterocycles. The van der Waals surface area contributed by atoms with Gasteiger partial charge in [-0.25, -0.2) is 0 Å². The molecule has 0 saturated heterocycles. The van der Waals surface area contributed by atoms with Gasteiger partial charge in [-0.05, 0) is 49.1 Å². The summed E-state index contributed by atoms with van der Waals surface area (Å²) in [6.45, 7) is 2.28. The first kappa shape index (κ1) is 19.2. The van der Waals surface area contributed by atoms with E-state index in [1.807, 2.05) is 0 Å². The largest absolute Gasteiger partial charge is 0.400 e. The van der Waals surface area contributed by atoms with E-state index in [0.717, 1.165) is 7.11 Å². The number of aliphatic hydroxyl groups excluding tert-OH is 1. The second-order valence-corrected chi connectivity index (χ2v) is 6.53. The van der Waals surface area contributed by atoms with Gasteiger partial charge in [-0.1, -0.05) is 63.3 Å². The molecular weight excluding hydrogens is 270 g/mol. The van der Waals surface area contributed by atoms with E-state index in [4.69, 9.17) is 10.8 Å². The van der Waals surface area contributed by atoms with Crippen molar-refractivity contribution in [3.63, 3.8) is 0 Å². The maximum absolute atomic E-state index is 7.00. The monoisotopic (exact) mass is 305 g/mol. The van der Waals surface area contributed by atoms with Crippen LogP contribution in [0.5, 0.6) is 0 Å². The molecule has 0 radical (unpaired) electrons. The van der Waals surface area contributed by atoms with Crippen LogP contribution in [0.2, 0.25) is 0 Å². The molecule has 126 valence electrons. The molecule has 0 bridgehead atoms. The molecule has 3 N–H and O–H groups in total. The van der Waals surface area contributed by atoms with Crippen molar-refractivity contribution in [1.82, 2.24) is 0 Å². The van der Waals surface area contributed by atoms with Crippen molar-refractivity contribution >= 4 is 0 Å². The van der Waals surface area contributed by atoms with Gasteiger partial charge in [0.25, 0.3) is 0 Å². The van der Waals surface area contributed by atoms with Gasteiger partial charge < -0.3 is 10.8 Å². The summed E-state index contributed by atoms with van der Waals surface area (Å²) in [5, 5.41) is 7.00. The molecule has 1 fully saturated rings. The fraction of sp³-hybridized carbons (Fsp3) is 0.700. The first-order valence-corrected chi connectivity index (χ1v) is 9.08. The van der Waals surface area contributed by atoms with E-state index in [1.54, 1.807) is 0 Å². The van der Waals surface area contributed by atoms with Gasteiger partial charge in [0.05, 0.1) is 0 Å². The molecule has 22 heavy (non-hydrogen) atoms. The van der Waals surface area contributed by atoms with Crippen molar-refractivity contribution in [1.29, 1.82) is 0 Å². The Kier molecular flexibility index (Phi) is 10.2. The summed E-state index contributed by atoms with van der Waals surface area (Å²) in [7, 11) is 1.00. The molecule has 0 spiro atoms.